The molecule has 2 N–H and O–H groups in total. The highest BCUT2D eigenvalue weighted by molar-refractivity contribution is 7.92. The average molecular weight is 380 g/mol. The number of sulfonamides is 1. The molecule has 1 atom stereocenters. The van der Waals surface area contributed by atoms with Gasteiger partial charge in [-0.3, -0.25) is 14.4 Å². The van der Waals surface area contributed by atoms with Crippen LogP contribution in [-0.4, -0.2) is 57.8 Å². The summed E-state index contributed by atoms with van der Waals surface area (Å²) in [5, 5.41) is 11.5. The number of nitriles is 1. The fraction of sp³-hybridized carbons (Fsp3) is 0.529. The minimum atomic E-state index is -3.77. The van der Waals surface area contributed by atoms with Crippen molar-refractivity contribution in [2.45, 2.75) is 25.8 Å². The number of anilines is 1. The summed E-state index contributed by atoms with van der Waals surface area (Å²) in [6.07, 6.45) is 2.16. The van der Waals surface area contributed by atoms with Crippen LogP contribution in [0.25, 0.3) is 0 Å². The van der Waals surface area contributed by atoms with Gasteiger partial charge in [0.2, 0.25) is 10.0 Å². The average Bonchev–Trinajstić information content (AvgIpc) is 3.06. The number of amides is 1. The van der Waals surface area contributed by atoms with E-state index in [2.05, 4.69) is 21.9 Å². The number of hydrogen-bond donors (Lipinski definition) is 2. The zero-order chi connectivity index (χ0) is 19.2. The minimum Gasteiger partial charge on any atom is -0.496 e. The summed E-state index contributed by atoms with van der Waals surface area (Å²) in [6.45, 7) is 4.61. The Bertz CT molecular complexity index is 788. The second-order valence-electron chi connectivity index (χ2n) is 6.07. The lowest BCUT2D eigenvalue weighted by atomic mass is 10.1. The van der Waals surface area contributed by atoms with Crippen LogP contribution in [-0.2, 0) is 10.0 Å². The van der Waals surface area contributed by atoms with Gasteiger partial charge in [-0.25, -0.2) is 8.42 Å². The number of ether oxygens (including phenoxy) is 1. The Kier molecular flexibility index (Phi) is 6.83. The van der Waals surface area contributed by atoms with Gasteiger partial charge in [-0.2, -0.15) is 5.26 Å². The third-order valence-electron chi connectivity index (χ3n) is 4.38. The van der Waals surface area contributed by atoms with Gasteiger partial charge in [-0.1, -0.05) is 6.92 Å². The van der Waals surface area contributed by atoms with Crippen LogP contribution in [0.2, 0.25) is 0 Å². The fourth-order valence-corrected chi connectivity index (χ4v) is 3.83. The number of likely N-dealkylation sites (tertiary alicyclic amines) is 1. The lowest BCUT2D eigenvalue weighted by molar-refractivity contribution is 0.0938. The summed E-state index contributed by atoms with van der Waals surface area (Å²) >= 11 is 0. The maximum absolute atomic E-state index is 12.6. The molecule has 1 saturated heterocycles. The van der Waals surface area contributed by atoms with Crippen LogP contribution in [0.5, 0.6) is 5.75 Å². The van der Waals surface area contributed by atoms with Crippen molar-refractivity contribution >= 4 is 21.6 Å². The molecule has 1 fully saturated rings. The molecule has 9 heteroatoms. The van der Waals surface area contributed by atoms with E-state index in [1.807, 2.05) is 0 Å². The van der Waals surface area contributed by atoms with E-state index in [4.69, 9.17) is 10.00 Å². The van der Waals surface area contributed by atoms with Crippen LogP contribution in [0.15, 0.2) is 18.2 Å². The molecule has 1 aliphatic rings. The maximum Gasteiger partial charge on any atom is 0.255 e. The quantitative estimate of drug-likeness (QED) is 0.700. The third-order valence-corrected chi connectivity index (χ3v) is 5.43. The molecule has 1 aliphatic heterocycles. The van der Waals surface area contributed by atoms with E-state index in [9.17, 15) is 13.2 Å². The number of hydrogen-bond acceptors (Lipinski definition) is 6. The first-order chi connectivity index (χ1) is 12.4. The molecular formula is C17H24N4O4S. The number of nitrogens with one attached hydrogen (secondary N) is 2. The molecule has 26 heavy (non-hydrogen) atoms. The maximum atomic E-state index is 12.6. The molecule has 1 unspecified atom stereocenters. The zero-order valence-corrected chi connectivity index (χ0v) is 15.8. The van der Waals surface area contributed by atoms with E-state index in [-0.39, 0.29) is 17.2 Å². The Hall–Kier alpha value is -2.31. The highest BCUT2D eigenvalue weighted by Crippen LogP contribution is 2.24. The Balaban J connectivity index is 2.12. The summed E-state index contributed by atoms with van der Waals surface area (Å²) in [6, 6.07) is 6.32. The Labute approximate surface area is 154 Å². The standard InChI is InChI=1S/C17H24N4O4S/c1-3-21-9-4-5-14(21)12-19-17(22)15-11-13(6-7-16(15)25-2)20-26(23,24)10-8-18/h6-7,11,14,20H,3-5,9-10,12H2,1-2H3,(H,19,22). The van der Waals surface area contributed by atoms with Crippen molar-refractivity contribution in [2.24, 2.45) is 0 Å². The number of carbonyl (C=O) groups excluding carboxylic acids is 1. The molecular weight excluding hydrogens is 356 g/mol. The molecule has 1 heterocycles. The molecule has 8 nitrogen and oxygen atoms in total. The van der Waals surface area contributed by atoms with Crippen LogP contribution >= 0.6 is 0 Å². The van der Waals surface area contributed by atoms with Crippen LogP contribution in [0.1, 0.15) is 30.1 Å². The predicted octanol–water partition coefficient (Wildman–Crippen LogP) is 1.17. The highest BCUT2D eigenvalue weighted by Gasteiger charge is 2.24. The van der Waals surface area contributed by atoms with E-state index < -0.39 is 15.8 Å². The van der Waals surface area contributed by atoms with Gasteiger partial charge in [-0.15, -0.1) is 0 Å². The lowest BCUT2D eigenvalue weighted by Crippen LogP contribution is -2.40. The van der Waals surface area contributed by atoms with Gasteiger partial charge in [0.05, 0.1) is 18.7 Å². The number of benzene rings is 1. The zero-order valence-electron chi connectivity index (χ0n) is 15.0. The minimum absolute atomic E-state index is 0.210. The van der Waals surface area contributed by atoms with Crippen molar-refractivity contribution in [3.05, 3.63) is 23.8 Å². The largest absolute Gasteiger partial charge is 0.496 e. The molecule has 0 saturated carbocycles. The molecule has 142 valence electrons. The van der Waals surface area contributed by atoms with Crippen LogP contribution in [0, 0.1) is 11.3 Å². The normalized spacial score (nSPS) is 17.5. The monoisotopic (exact) mass is 380 g/mol. The van der Waals surface area contributed by atoms with Crippen LogP contribution in [0.3, 0.4) is 0 Å². The van der Waals surface area contributed by atoms with Crippen molar-refractivity contribution in [1.29, 1.82) is 5.26 Å². The topological polar surface area (TPSA) is 112 Å². The highest BCUT2D eigenvalue weighted by atomic mass is 32.2. The smallest absolute Gasteiger partial charge is 0.255 e. The van der Waals surface area contributed by atoms with E-state index in [0.29, 0.717) is 18.3 Å². The lowest BCUT2D eigenvalue weighted by Gasteiger charge is -2.23. The van der Waals surface area contributed by atoms with E-state index >= 15 is 0 Å². The number of likely N-dealkylation sites (N-methyl/N-ethyl adjacent to an activating group) is 1. The number of rotatable bonds is 8. The third kappa shape index (κ3) is 5.09. The molecule has 0 aromatic heterocycles. The van der Waals surface area contributed by atoms with Gasteiger partial charge < -0.3 is 10.1 Å². The van der Waals surface area contributed by atoms with Crippen molar-refractivity contribution in [3.8, 4) is 11.8 Å². The van der Waals surface area contributed by atoms with Gasteiger partial charge in [0.15, 0.2) is 5.75 Å². The Morgan fingerprint density at radius 2 is 2.23 bits per heavy atom. The second kappa shape index (κ2) is 8.87. The van der Waals surface area contributed by atoms with Crippen molar-refractivity contribution in [3.63, 3.8) is 0 Å². The van der Waals surface area contributed by atoms with Crippen molar-refractivity contribution < 1.29 is 17.9 Å². The molecule has 0 radical (unpaired) electrons. The van der Waals surface area contributed by atoms with Gasteiger partial charge in [0.25, 0.3) is 5.91 Å². The summed E-state index contributed by atoms with van der Waals surface area (Å²) in [5.74, 6) is -0.634. The summed E-state index contributed by atoms with van der Waals surface area (Å²) < 4.78 is 31.0. The predicted molar refractivity (Wildman–Crippen MR) is 98.6 cm³/mol. The number of nitrogens with zero attached hydrogens (tertiary/aromatic N) is 2. The summed E-state index contributed by atoms with van der Waals surface area (Å²) in [7, 11) is -2.33. The van der Waals surface area contributed by atoms with E-state index in [1.165, 1.54) is 25.3 Å². The van der Waals surface area contributed by atoms with Crippen molar-refractivity contribution in [2.75, 3.05) is 37.2 Å². The van der Waals surface area contributed by atoms with Gasteiger partial charge in [0, 0.05) is 18.3 Å². The first-order valence-corrected chi connectivity index (χ1v) is 10.1. The SMILES string of the molecule is CCN1CCCC1CNC(=O)c1cc(NS(=O)(=O)CC#N)ccc1OC. The van der Waals surface area contributed by atoms with Gasteiger partial charge >= 0.3 is 0 Å². The fourth-order valence-electron chi connectivity index (χ4n) is 3.10. The molecule has 1 aromatic carbocycles. The first-order valence-electron chi connectivity index (χ1n) is 8.48. The molecule has 0 spiro atoms. The van der Waals surface area contributed by atoms with Crippen LogP contribution in [0.4, 0.5) is 5.69 Å². The Morgan fingerprint density at radius 3 is 2.88 bits per heavy atom. The van der Waals surface area contributed by atoms with E-state index in [1.54, 1.807) is 6.07 Å². The van der Waals surface area contributed by atoms with Gasteiger partial charge in [0.1, 0.15) is 5.75 Å². The Morgan fingerprint density at radius 1 is 1.46 bits per heavy atom. The van der Waals surface area contributed by atoms with Gasteiger partial charge in [-0.05, 0) is 44.1 Å². The van der Waals surface area contributed by atoms with Crippen molar-refractivity contribution in [1.82, 2.24) is 10.2 Å². The molecule has 1 aromatic rings. The molecule has 2 rings (SSSR count). The molecule has 0 aliphatic carbocycles. The number of methoxy groups -OCH3 is 1. The summed E-state index contributed by atoms with van der Waals surface area (Å²) in [4.78, 5) is 14.9. The van der Waals surface area contributed by atoms with E-state index in [0.717, 1.165) is 25.9 Å². The molecule has 1 amide bonds. The molecule has 0 bridgehead atoms. The summed E-state index contributed by atoms with van der Waals surface area (Å²) in [5.41, 5.74) is 0.452. The second-order valence-corrected chi connectivity index (χ2v) is 7.79. The number of carbonyl (C=O) groups is 1. The van der Waals surface area contributed by atoms with Crippen LogP contribution < -0.4 is 14.8 Å². The first kappa shape index (κ1) is 20.0.